The molecule has 0 aromatic heterocycles. The van der Waals surface area contributed by atoms with Gasteiger partial charge in [-0.2, -0.15) is 0 Å². The van der Waals surface area contributed by atoms with E-state index in [2.05, 4.69) is 19.1 Å². The zero-order chi connectivity index (χ0) is 13.8. The van der Waals surface area contributed by atoms with Gasteiger partial charge in [0, 0.05) is 20.1 Å². The van der Waals surface area contributed by atoms with E-state index >= 15 is 0 Å². The summed E-state index contributed by atoms with van der Waals surface area (Å²) in [5, 5.41) is 0. The molecule has 2 rings (SSSR count). The summed E-state index contributed by atoms with van der Waals surface area (Å²) >= 11 is 0. The predicted octanol–water partition coefficient (Wildman–Crippen LogP) is 3.23. The van der Waals surface area contributed by atoms with Crippen LogP contribution in [-0.2, 0) is 13.1 Å². The third kappa shape index (κ3) is 3.12. The second kappa shape index (κ2) is 5.85. The van der Waals surface area contributed by atoms with Crippen molar-refractivity contribution in [2.75, 3.05) is 11.9 Å². The molecule has 0 amide bonds. The van der Waals surface area contributed by atoms with Crippen molar-refractivity contribution in [2.45, 2.75) is 20.0 Å². The highest BCUT2D eigenvalue weighted by molar-refractivity contribution is 5.54. The van der Waals surface area contributed by atoms with E-state index in [1.165, 1.54) is 11.6 Å². The maximum absolute atomic E-state index is 14.0. The first kappa shape index (κ1) is 13.6. The molecule has 0 atom stereocenters. The van der Waals surface area contributed by atoms with Crippen molar-refractivity contribution in [3.8, 4) is 0 Å². The molecule has 2 aromatic rings. The molecule has 0 aliphatic carbocycles. The first-order valence-corrected chi connectivity index (χ1v) is 6.36. The predicted molar refractivity (Wildman–Crippen MR) is 77.6 cm³/mol. The molecule has 0 aliphatic heterocycles. The first-order chi connectivity index (χ1) is 9.11. The van der Waals surface area contributed by atoms with E-state index in [1.54, 1.807) is 6.07 Å². The standard InChI is InChI=1S/C16H19FN2/c1-12-5-3-6-13(9-12)11-19(2)16-14(10-18)7-4-8-15(16)17/h3-9H,10-11,18H2,1-2H3. The number of hydrogen-bond donors (Lipinski definition) is 1. The van der Waals surface area contributed by atoms with Gasteiger partial charge in [-0.05, 0) is 24.1 Å². The monoisotopic (exact) mass is 258 g/mol. The van der Waals surface area contributed by atoms with Gasteiger partial charge < -0.3 is 10.6 Å². The summed E-state index contributed by atoms with van der Waals surface area (Å²) < 4.78 is 14.0. The molecule has 0 aliphatic rings. The summed E-state index contributed by atoms with van der Waals surface area (Å²) in [4.78, 5) is 1.91. The minimum absolute atomic E-state index is 0.224. The lowest BCUT2D eigenvalue weighted by Crippen LogP contribution is -2.20. The minimum atomic E-state index is -0.224. The van der Waals surface area contributed by atoms with Crippen LogP contribution in [0.3, 0.4) is 0 Å². The number of aryl methyl sites for hydroxylation is 1. The maximum atomic E-state index is 14.0. The number of nitrogens with two attached hydrogens (primary N) is 1. The average molecular weight is 258 g/mol. The quantitative estimate of drug-likeness (QED) is 0.912. The first-order valence-electron chi connectivity index (χ1n) is 6.36. The molecule has 3 heteroatoms. The number of benzene rings is 2. The highest BCUT2D eigenvalue weighted by atomic mass is 19.1. The number of anilines is 1. The van der Waals surface area contributed by atoms with Gasteiger partial charge in [-0.3, -0.25) is 0 Å². The molecule has 0 unspecified atom stereocenters. The summed E-state index contributed by atoms with van der Waals surface area (Å²) in [6.45, 7) is 3.05. The number of rotatable bonds is 4. The van der Waals surface area contributed by atoms with Crippen molar-refractivity contribution in [3.05, 3.63) is 65.0 Å². The highest BCUT2D eigenvalue weighted by Crippen LogP contribution is 2.24. The Morgan fingerprint density at radius 1 is 1.16 bits per heavy atom. The van der Waals surface area contributed by atoms with Gasteiger partial charge in [-0.15, -0.1) is 0 Å². The zero-order valence-electron chi connectivity index (χ0n) is 11.4. The van der Waals surface area contributed by atoms with E-state index in [4.69, 9.17) is 5.73 Å². The Bertz CT molecular complexity index is 566. The highest BCUT2D eigenvalue weighted by Gasteiger charge is 2.12. The second-order valence-electron chi connectivity index (χ2n) is 4.80. The Balaban J connectivity index is 2.27. The molecule has 2 aromatic carbocycles. The largest absolute Gasteiger partial charge is 0.368 e. The van der Waals surface area contributed by atoms with Gasteiger partial charge >= 0.3 is 0 Å². The van der Waals surface area contributed by atoms with E-state index in [-0.39, 0.29) is 5.82 Å². The van der Waals surface area contributed by atoms with Crippen molar-refractivity contribution >= 4 is 5.69 Å². The van der Waals surface area contributed by atoms with Crippen molar-refractivity contribution in [1.29, 1.82) is 0 Å². The molecule has 0 radical (unpaired) electrons. The van der Waals surface area contributed by atoms with Gasteiger partial charge in [-0.1, -0.05) is 42.0 Å². The van der Waals surface area contributed by atoms with Crippen LogP contribution in [0.15, 0.2) is 42.5 Å². The van der Waals surface area contributed by atoms with Crippen LogP contribution in [0.5, 0.6) is 0 Å². The molecule has 0 fully saturated rings. The van der Waals surface area contributed by atoms with Crippen molar-refractivity contribution in [1.82, 2.24) is 0 Å². The molecular weight excluding hydrogens is 239 g/mol. The molecule has 100 valence electrons. The smallest absolute Gasteiger partial charge is 0.146 e. The van der Waals surface area contributed by atoms with Gasteiger partial charge in [0.05, 0.1) is 5.69 Å². The fraction of sp³-hybridized carbons (Fsp3) is 0.250. The topological polar surface area (TPSA) is 29.3 Å². The molecule has 0 spiro atoms. The van der Waals surface area contributed by atoms with Crippen LogP contribution in [0.1, 0.15) is 16.7 Å². The average Bonchev–Trinajstić information content (AvgIpc) is 2.38. The third-order valence-corrected chi connectivity index (χ3v) is 3.17. The summed E-state index contributed by atoms with van der Waals surface area (Å²) in [5.41, 5.74) is 9.47. The second-order valence-corrected chi connectivity index (χ2v) is 4.80. The van der Waals surface area contributed by atoms with Gasteiger partial charge in [0.25, 0.3) is 0 Å². The Morgan fingerprint density at radius 3 is 2.58 bits per heavy atom. The Kier molecular flexibility index (Phi) is 4.17. The number of hydrogen-bond acceptors (Lipinski definition) is 2. The van der Waals surface area contributed by atoms with E-state index < -0.39 is 0 Å². The number of nitrogens with zero attached hydrogens (tertiary/aromatic N) is 1. The molecule has 0 bridgehead atoms. The van der Waals surface area contributed by atoms with E-state index in [9.17, 15) is 4.39 Å². The van der Waals surface area contributed by atoms with Gasteiger partial charge in [-0.25, -0.2) is 4.39 Å². The van der Waals surface area contributed by atoms with Crippen molar-refractivity contribution in [2.24, 2.45) is 5.73 Å². The summed E-state index contributed by atoms with van der Waals surface area (Å²) in [5.74, 6) is -0.224. The van der Waals surface area contributed by atoms with Gasteiger partial charge in [0.2, 0.25) is 0 Å². The van der Waals surface area contributed by atoms with Crippen LogP contribution in [0, 0.1) is 12.7 Å². The SMILES string of the molecule is Cc1cccc(CN(C)c2c(F)cccc2CN)c1. The van der Waals surface area contributed by atoms with Crippen LogP contribution in [0.4, 0.5) is 10.1 Å². The lowest BCUT2D eigenvalue weighted by Gasteiger charge is -2.23. The number of para-hydroxylation sites is 1. The van der Waals surface area contributed by atoms with Crippen molar-refractivity contribution < 1.29 is 4.39 Å². The van der Waals surface area contributed by atoms with Crippen molar-refractivity contribution in [3.63, 3.8) is 0 Å². The third-order valence-electron chi connectivity index (χ3n) is 3.17. The Morgan fingerprint density at radius 2 is 1.89 bits per heavy atom. The molecule has 19 heavy (non-hydrogen) atoms. The number of halogens is 1. The van der Waals surface area contributed by atoms with Crippen LogP contribution in [0.2, 0.25) is 0 Å². The normalized spacial score (nSPS) is 10.5. The summed E-state index contributed by atoms with van der Waals surface area (Å²) in [7, 11) is 1.89. The molecule has 2 N–H and O–H groups in total. The Labute approximate surface area is 113 Å². The summed E-state index contributed by atoms with van der Waals surface area (Å²) in [6.07, 6.45) is 0. The summed E-state index contributed by atoms with van der Waals surface area (Å²) in [6, 6.07) is 13.3. The van der Waals surface area contributed by atoms with Crippen LogP contribution < -0.4 is 10.6 Å². The lowest BCUT2D eigenvalue weighted by atomic mass is 10.1. The van der Waals surface area contributed by atoms with E-state index in [0.717, 1.165) is 11.1 Å². The fourth-order valence-corrected chi connectivity index (χ4v) is 2.32. The fourth-order valence-electron chi connectivity index (χ4n) is 2.32. The maximum Gasteiger partial charge on any atom is 0.146 e. The van der Waals surface area contributed by atoms with Crippen LogP contribution in [0.25, 0.3) is 0 Å². The zero-order valence-corrected chi connectivity index (χ0v) is 11.4. The van der Waals surface area contributed by atoms with Gasteiger partial charge in [0.1, 0.15) is 5.82 Å². The molecule has 0 heterocycles. The van der Waals surface area contributed by atoms with Gasteiger partial charge in [0.15, 0.2) is 0 Å². The molecule has 0 saturated heterocycles. The van der Waals surface area contributed by atoms with E-state index in [1.807, 2.05) is 30.1 Å². The Hall–Kier alpha value is -1.87. The molecular formula is C16H19FN2. The molecule has 0 saturated carbocycles. The molecule has 2 nitrogen and oxygen atoms in total. The van der Waals surface area contributed by atoms with Crippen LogP contribution in [-0.4, -0.2) is 7.05 Å². The van der Waals surface area contributed by atoms with Crippen LogP contribution >= 0.6 is 0 Å². The lowest BCUT2D eigenvalue weighted by molar-refractivity contribution is 0.619. The van der Waals surface area contributed by atoms with E-state index in [0.29, 0.717) is 18.8 Å². The minimum Gasteiger partial charge on any atom is -0.368 e.